The number of aliphatic hydroxyl groups is 1. The minimum atomic E-state index is -0.0384. The van der Waals surface area contributed by atoms with E-state index in [-0.39, 0.29) is 18.4 Å². The van der Waals surface area contributed by atoms with E-state index in [1.165, 1.54) is 0 Å². The monoisotopic (exact) mass is 301 g/mol. The molecule has 1 amide bonds. The molecule has 0 radical (unpaired) electrons. The molecule has 0 spiro atoms. The molecular weight excluding hydrogens is 278 g/mol. The Labute approximate surface area is 131 Å². The molecule has 0 aliphatic heterocycles. The Hall–Kier alpha value is -2.14. The summed E-state index contributed by atoms with van der Waals surface area (Å²) in [6, 6.07) is 10.0. The molecule has 2 aromatic rings. The maximum Gasteiger partial charge on any atom is 0.223 e. The van der Waals surface area contributed by atoms with Gasteiger partial charge in [-0.05, 0) is 11.5 Å². The van der Waals surface area contributed by atoms with Crippen LogP contribution in [0, 0.1) is 0 Å². The lowest BCUT2D eigenvalue weighted by molar-refractivity contribution is -0.132. The van der Waals surface area contributed by atoms with Gasteiger partial charge in [0.15, 0.2) is 0 Å². The molecule has 5 nitrogen and oxygen atoms in total. The zero-order valence-electron chi connectivity index (χ0n) is 13.1. The van der Waals surface area contributed by atoms with Crippen LogP contribution >= 0.6 is 0 Å². The van der Waals surface area contributed by atoms with E-state index in [0.29, 0.717) is 19.5 Å². The van der Waals surface area contributed by atoms with E-state index < -0.39 is 0 Å². The van der Waals surface area contributed by atoms with Gasteiger partial charge in [0.1, 0.15) is 0 Å². The highest BCUT2D eigenvalue weighted by Gasteiger charge is 2.18. The molecule has 5 heteroatoms. The molecule has 0 fully saturated rings. The number of benzene rings is 1. The largest absolute Gasteiger partial charge is 0.395 e. The highest BCUT2D eigenvalue weighted by atomic mass is 16.3. The molecule has 1 aromatic heterocycles. The van der Waals surface area contributed by atoms with Gasteiger partial charge < -0.3 is 14.6 Å². The molecule has 1 unspecified atom stereocenters. The highest BCUT2D eigenvalue weighted by molar-refractivity contribution is 5.77. The first-order chi connectivity index (χ1) is 10.6. The lowest BCUT2D eigenvalue weighted by Gasteiger charge is -2.23. The molecule has 0 saturated heterocycles. The summed E-state index contributed by atoms with van der Waals surface area (Å²) in [6.07, 6.45) is 3.89. The third-order valence-electron chi connectivity index (χ3n) is 3.84. The topological polar surface area (TPSA) is 58.4 Å². The average Bonchev–Trinajstić information content (AvgIpc) is 2.93. The van der Waals surface area contributed by atoms with Crippen molar-refractivity contribution in [1.29, 1.82) is 0 Å². The predicted molar refractivity (Wildman–Crippen MR) is 85.2 cm³/mol. The van der Waals surface area contributed by atoms with E-state index >= 15 is 0 Å². The summed E-state index contributed by atoms with van der Waals surface area (Å²) in [7, 11) is 1.90. The van der Waals surface area contributed by atoms with Crippen molar-refractivity contribution in [2.24, 2.45) is 7.05 Å². The molecule has 1 heterocycles. The van der Waals surface area contributed by atoms with Crippen molar-refractivity contribution in [3.05, 3.63) is 54.1 Å². The maximum atomic E-state index is 12.5. The van der Waals surface area contributed by atoms with Gasteiger partial charge in [0.25, 0.3) is 0 Å². The van der Waals surface area contributed by atoms with Crippen molar-refractivity contribution < 1.29 is 9.90 Å². The van der Waals surface area contributed by atoms with Crippen LogP contribution in [-0.4, -0.2) is 38.6 Å². The molecule has 0 saturated carbocycles. The molecule has 2 rings (SSSR count). The van der Waals surface area contributed by atoms with Crippen molar-refractivity contribution >= 4 is 5.91 Å². The van der Waals surface area contributed by atoms with Crippen LogP contribution in [0.4, 0.5) is 0 Å². The Bertz CT molecular complexity index is 595. The Balaban J connectivity index is 2.02. The quantitative estimate of drug-likeness (QED) is 0.850. The van der Waals surface area contributed by atoms with Crippen molar-refractivity contribution in [2.45, 2.75) is 25.8 Å². The highest BCUT2D eigenvalue weighted by Crippen LogP contribution is 2.20. The van der Waals surface area contributed by atoms with Gasteiger partial charge in [0.2, 0.25) is 5.91 Å². The molecule has 1 atom stereocenters. The predicted octanol–water partition coefficient (Wildman–Crippen LogP) is 1.93. The number of hydrogen-bond acceptors (Lipinski definition) is 3. The molecule has 22 heavy (non-hydrogen) atoms. The summed E-state index contributed by atoms with van der Waals surface area (Å²) in [6.45, 7) is 2.82. The van der Waals surface area contributed by atoms with Crippen LogP contribution in [0.25, 0.3) is 0 Å². The van der Waals surface area contributed by atoms with E-state index in [0.717, 1.165) is 11.3 Å². The maximum absolute atomic E-state index is 12.5. The van der Waals surface area contributed by atoms with E-state index in [1.807, 2.05) is 41.9 Å². The summed E-state index contributed by atoms with van der Waals surface area (Å²) in [5, 5.41) is 9.22. The number of rotatable bonds is 7. The van der Waals surface area contributed by atoms with Gasteiger partial charge in [0, 0.05) is 26.2 Å². The molecule has 1 aromatic carbocycles. The van der Waals surface area contributed by atoms with Crippen LogP contribution in [0.15, 0.2) is 42.9 Å². The van der Waals surface area contributed by atoms with Crippen molar-refractivity contribution in [3.8, 4) is 0 Å². The minimum absolute atomic E-state index is 0.0384. The first kappa shape index (κ1) is 16.2. The summed E-state index contributed by atoms with van der Waals surface area (Å²) in [5.41, 5.74) is 2.11. The van der Waals surface area contributed by atoms with Crippen molar-refractivity contribution in [1.82, 2.24) is 14.5 Å². The third kappa shape index (κ3) is 4.18. The number of carbonyl (C=O) groups excluding carboxylic acids is 1. The summed E-state index contributed by atoms with van der Waals surface area (Å²) in [4.78, 5) is 18.3. The van der Waals surface area contributed by atoms with Crippen molar-refractivity contribution in [2.75, 3.05) is 13.2 Å². The van der Waals surface area contributed by atoms with E-state index in [9.17, 15) is 9.90 Å². The molecule has 118 valence electrons. The standard InChI is InChI=1S/C17H23N3O2/c1-14(15-6-4-3-5-7-15)10-17(22)20(8-9-21)12-16-11-18-13-19(16)2/h3-7,11,13-14,21H,8-10,12H2,1-2H3. The SMILES string of the molecule is CC(CC(=O)N(CCO)Cc1cncn1C)c1ccccc1. The number of aliphatic hydroxyl groups excluding tert-OH is 1. The van der Waals surface area contributed by atoms with Crippen LogP contribution in [0.3, 0.4) is 0 Å². The van der Waals surface area contributed by atoms with E-state index in [4.69, 9.17) is 0 Å². The molecule has 1 N–H and O–H groups in total. The number of hydrogen-bond donors (Lipinski definition) is 1. The van der Waals surface area contributed by atoms with E-state index in [1.54, 1.807) is 17.4 Å². The van der Waals surface area contributed by atoms with Crippen molar-refractivity contribution in [3.63, 3.8) is 0 Å². The Kier molecular flexibility index (Phi) is 5.72. The fraction of sp³-hybridized carbons (Fsp3) is 0.412. The number of nitrogens with zero attached hydrogens (tertiary/aromatic N) is 3. The van der Waals surface area contributed by atoms with Gasteiger partial charge in [-0.15, -0.1) is 0 Å². The van der Waals surface area contributed by atoms with E-state index in [2.05, 4.69) is 11.9 Å². The van der Waals surface area contributed by atoms with Crippen LogP contribution in [-0.2, 0) is 18.4 Å². The second-order valence-corrected chi connectivity index (χ2v) is 5.55. The number of imidazole rings is 1. The van der Waals surface area contributed by atoms with Gasteiger partial charge in [-0.3, -0.25) is 4.79 Å². The first-order valence-corrected chi connectivity index (χ1v) is 7.50. The smallest absolute Gasteiger partial charge is 0.223 e. The normalized spacial score (nSPS) is 12.1. The second-order valence-electron chi connectivity index (χ2n) is 5.55. The van der Waals surface area contributed by atoms with Crippen LogP contribution in [0.1, 0.15) is 30.5 Å². The fourth-order valence-electron chi connectivity index (χ4n) is 2.44. The zero-order valence-corrected chi connectivity index (χ0v) is 13.1. The molecule has 0 aliphatic carbocycles. The molecule has 0 aliphatic rings. The van der Waals surface area contributed by atoms with Crippen LogP contribution < -0.4 is 0 Å². The molecule has 0 bridgehead atoms. The second kappa shape index (κ2) is 7.75. The van der Waals surface area contributed by atoms with Gasteiger partial charge in [0.05, 0.1) is 25.2 Å². The summed E-state index contributed by atoms with van der Waals surface area (Å²) in [5.74, 6) is 0.202. The van der Waals surface area contributed by atoms with Gasteiger partial charge in [-0.1, -0.05) is 37.3 Å². The molecular formula is C17H23N3O2. The first-order valence-electron chi connectivity index (χ1n) is 7.50. The Morgan fingerprint density at radius 1 is 1.36 bits per heavy atom. The number of aromatic nitrogens is 2. The Morgan fingerprint density at radius 3 is 2.68 bits per heavy atom. The fourth-order valence-corrected chi connectivity index (χ4v) is 2.44. The van der Waals surface area contributed by atoms with Crippen LogP contribution in [0.5, 0.6) is 0 Å². The van der Waals surface area contributed by atoms with Crippen LogP contribution in [0.2, 0.25) is 0 Å². The van der Waals surface area contributed by atoms with Gasteiger partial charge >= 0.3 is 0 Å². The Morgan fingerprint density at radius 2 is 2.09 bits per heavy atom. The number of amides is 1. The summed E-state index contributed by atoms with van der Waals surface area (Å²) >= 11 is 0. The minimum Gasteiger partial charge on any atom is -0.395 e. The van der Waals surface area contributed by atoms with Gasteiger partial charge in [-0.2, -0.15) is 0 Å². The average molecular weight is 301 g/mol. The number of aryl methyl sites for hydroxylation is 1. The van der Waals surface area contributed by atoms with Gasteiger partial charge in [-0.25, -0.2) is 4.98 Å². The number of carbonyl (C=O) groups is 1. The zero-order chi connectivity index (χ0) is 15.9. The third-order valence-corrected chi connectivity index (χ3v) is 3.84. The lowest BCUT2D eigenvalue weighted by Crippen LogP contribution is -2.34. The lowest BCUT2D eigenvalue weighted by atomic mass is 9.97. The summed E-state index contributed by atoms with van der Waals surface area (Å²) < 4.78 is 1.89.